The molecule has 0 radical (unpaired) electrons. The van der Waals surface area contributed by atoms with Crippen LogP contribution in [0.1, 0.15) is 31.6 Å². The molecule has 2 heterocycles. The summed E-state index contributed by atoms with van der Waals surface area (Å²) >= 11 is 0. The van der Waals surface area contributed by atoms with Gasteiger partial charge in [0.15, 0.2) is 17.5 Å². The summed E-state index contributed by atoms with van der Waals surface area (Å²) in [6.45, 7) is 1.55. The van der Waals surface area contributed by atoms with Crippen LogP contribution in [0.15, 0.2) is 34.9 Å². The molecule has 0 unspecified atom stereocenters. The van der Waals surface area contributed by atoms with E-state index in [9.17, 15) is 13.6 Å². The number of nitrogens with one attached hydrogen (secondary N) is 1. The van der Waals surface area contributed by atoms with Crippen molar-refractivity contribution in [3.8, 4) is 11.3 Å². The summed E-state index contributed by atoms with van der Waals surface area (Å²) < 4.78 is 30.8. The molecule has 0 atom stereocenters. The van der Waals surface area contributed by atoms with Gasteiger partial charge in [0.1, 0.15) is 0 Å². The van der Waals surface area contributed by atoms with Gasteiger partial charge in [0.2, 0.25) is 5.91 Å². The average Bonchev–Trinajstić information content (AvgIpc) is 3.19. The number of aromatic nitrogens is 3. The zero-order chi connectivity index (χ0) is 22.0. The van der Waals surface area contributed by atoms with Gasteiger partial charge in [-0.15, -0.1) is 10.2 Å². The smallest absolute Gasteiger partial charge is 0.251 e. The van der Waals surface area contributed by atoms with Crippen molar-refractivity contribution in [1.29, 1.82) is 0 Å². The molecule has 1 saturated carbocycles. The van der Waals surface area contributed by atoms with Gasteiger partial charge in [0.05, 0.1) is 18.3 Å². The molecule has 0 saturated heterocycles. The number of fused-ring (bicyclic) bond motifs is 1. The fourth-order valence-electron chi connectivity index (χ4n) is 4.13. The van der Waals surface area contributed by atoms with E-state index in [1.54, 1.807) is 31.1 Å². The fourth-order valence-corrected chi connectivity index (χ4v) is 4.13. The predicted molar refractivity (Wildman–Crippen MR) is 113 cm³/mol. The van der Waals surface area contributed by atoms with Gasteiger partial charge in [-0.2, -0.15) is 0 Å². The van der Waals surface area contributed by atoms with Crippen molar-refractivity contribution in [2.24, 2.45) is 5.92 Å². The van der Waals surface area contributed by atoms with Crippen LogP contribution in [0.3, 0.4) is 0 Å². The lowest BCUT2D eigenvalue weighted by molar-refractivity contribution is -0.121. The Morgan fingerprint density at radius 2 is 2.00 bits per heavy atom. The third kappa shape index (κ3) is 5.04. The number of carbonyl (C=O) groups excluding carboxylic acids is 1. The molecule has 1 aliphatic carbocycles. The Hall–Kier alpha value is -2.94. The van der Waals surface area contributed by atoms with Crippen LogP contribution in [0.4, 0.5) is 14.6 Å². The second kappa shape index (κ2) is 9.05. The predicted octanol–water partition coefficient (Wildman–Crippen LogP) is 4.29. The quantitative estimate of drug-likeness (QED) is 0.629. The Morgan fingerprint density at radius 3 is 2.68 bits per heavy atom. The first kappa shape index (κ1) is 21.3. The summed E-state index contributed by atoms with van der Waals surface area (Å²) in [4.78, 5) is 18.5. The molecule has 164 valence electrons. The Balaban J connectivity index is 1.41. The van der Waals surface area contributed by atoms with E-state index in [0.717, 1.165) is 23.8 Å². The molecular formula is C22H25F2N5O2. The van der Waals surface area contributed by atoms with E-state index in [1.165, 1.54) is 0 Å². The summed E-state index contributed by atoms with van der Waals surface area (Å²) in [7, 11) is 1.72. The maximum Gasteiger partial charge on any atom is 0.251 e. The van der Waals surface area contributed by atoms with Crippen molar-refractivity contribution in [1.82, 2.24) is 20.1 Å². The summed E-state index contributed by atoms with van der Waals surface area (Å²) in [5, 5.41) is 12.0. The molecule has 31 heavy (non-hydrogen) atoms. The molecule has 1 N–H and O–H groups in total. The molecule has 3 aromatic rings. The number of anilines is 1. The van der Waals surface area contributed by atoms with Gasteiger partial charge >= 0.3 is 0 Å². The summed E-state index contributed by atoms with van der Waals surface area (Å²) in [5.74, 6) is 1.38. The highest BCUT2D eigenvalue weighted by atomic mass is 19.3. The molecule has 1 fully saturated rings. The molecule has 1 aromatic carbocycles. The van der Waals surface area contributed by atoms with Crippen molar-refractivity contribution in [3.63, 3.8) is 0 Å². The van der Waals surface area contributed by atoms with Gasteiger partial charge in [-0.1, -0.05) is 0 Å². The van der Waals surface area contributed by atoms with Crippen LogP contribution in [0.25, 0.3) is 22.2 Å². The molecule has 0 bridgehead atoms. The number of benzene rings is 1. The van der Waals surface area contributed by atoms with Gasteiger partial charge in [0.25, 0.3) is 6.43 Å². The number of carbonyl (C=O) groups is 1. The second-order valence-corrected chi connectivity index (χ2v) is 8.07. The van der Waals surface area contributed by atoms with E-state index in [1.807, 2.05) is 18.2 Å². The van der Waals surface area contributed by atoms with Crippen LogP contribution < -0.4 is 5.32 Å². The van der Waals surface area contributed by atoms with Crippen molar-refractivity contribution in [2.45, 2.75) is 45.1 Å². The monoisotopic (exact) mass is 429 g/mol. The van der Waals surface area contributed by atoms with Crippen LogP contribution in [0.2, 0.25) is 0 Å². The number of amides is 1. The Morgan fingerprint density at radius 1 is 1.23 bits per heavy atom. The third-order valence-corrected chi connectivity index (χ3v) is 5.86. The molecule has 7 nitrogen and oxygen atoms in total. The number of alkyl halides is 2. The number of nitrogens with zero attached hydrogens (tertiary/aromatic N) is 4. The van der Waals surface area contributed by atoms with Crippen molar-refractivity contribution in [2.75, 3.05) is 18.9 Å². The van der Waals surface area contributed by atoms with Crippen molar-refractivity contribution < 1.29 is 18.0 Å². The molecule has 1 aliphatic rings. The van der Waals surface area contributed by atoms with Gasteiger partial charge < -0.3 is 9.73 Å². The lowest BCUT2D eigenvalue weighted by Gasteiger charge is -2.33. The van der Waals surface area contributed by atoms with Crippen LogP contribution >= 0.6 is 0 Å². The van der Waals surface area contributed by atoms with Crippen molar-refractivity contribution in [3.05, 3.63) is 36.4 Å². The molecule has 2 aromatic heterocycles. The van der Waals surface area contributed by atoms with Gasteiger partial charge in [0, 0.05) is 29.8 Å². The SMILES string of the molecule is Cc1ncc(-c2ccc3nnc(NC(=O)[C@H]4CC[C@H](N(C)CC(F)F)CC4)cc3c2)o1. The second-order valence-electron chi connectivity index (χ2n) is 8.07. The first-order valence-electron chi connectivity index (χ1n) is 10.4. The standard InChI is InChI=1S/C22H25F2N5O2/c1-13-25-11-19(31-13)15-5-8-18-16(9-15)10-21(28-27-18)26-22(30)14-3-6-17(7-4-14)29(2)12-20(23)24/h5,8-11,14,17,20H,3-4,6-7,12H2,1-2H3,(H,26,28,30)/t14-,17-. The molecule has 0 aliphatic heterocycles. The highest BCUT2D eigenvalue weighted by Gasteiger charge is 2.29. The normalized spacial score (nSPS) is 19.3. The van der Waals surface area contributed by atoms with Crippen LogP contribution in [-0.2, 0) is 4.79 Å². The van der Waals surface area contributed by atoms with Crippen LogP contribution in [-0.4, -0.2) is 52.0 Å². The van der Waals surface area contributed by atoms with Gasteiger partial charge in [-0.3, -0.25) is 9.69 Å². The number of aryl methyl sites for hydroxylation is 1. The van der Waals surface area contributed by atoms with Gasteiger partial charge in [-0.25, -0.2) is 13.8 Å². The van der Waals surface area contributed by atoms with E-state index in [2.05, 4.69) is 20.5 Å². The fraction of sp³-hybridized carbons (Fsp3) is 0.455. The number of rotatable bonds is 6. The first-order chi connectivity index (χ1) is 14.9. The minimum Gasteiger partial charge on any atom is -0.441 e. The number of hydrogen-bond donors (Lipinski definition) is 1. The number of oxazole rings is 1. The van der Waals surface area contributed by atoms with E-state index in [-0.39, 0.29) is 24.4 Å². The highest BCUT2D eigenvalue weighted by molar-refractivity contribution is 5.94. The maximum atomic E-state index is 12.7. The zero-order valence-electron chi connectivity index (χ0n) is 17.5. The average molecular weight is 429 g/mol. The molecular weight excluding hydrogens is 404 g/mol. The van der Waals surface area contributed by atoms with Crippen molar-refractivity contribution >= 4 is 22.6 Å². The van der Waals surface area contributed by atoms with E-state index in [0.29, 0.717) is 35.8 Å². The minimum atomic E-state index is -2.34. The maximum absolute atomic E-state index is 12.7. The topological polar surface area (TPSA) is 84.2 Å². The molecule has 0 spiro atoms. The molecule has 4 rings (SSSR count). The first-order valence-corrected chi connectivity index (χ1v) is 10.4. The van der Waals surface area contributed by atoms with Crippen LogP contribution in [0.5, 0.6) is 0 Å². The highest BCUT2D eigenvalue weighted by Crippen LogP contribution is 2.29. The van der Waals surface area contributed by atoms with E-state index >= 15 is 0 Å². The summed E-state index contributed by atoms with van der Waals surface area (Å²) in [6.07, 6.45) is 2.12. The third-order valence-electron chi connectivity index (χ3n) is 5.86. The van der Waals surface area contributed by atoms with E-state index in [4.69, 9.17) is 4.42 Å². The minimum absolute atomic E-state index is 0.0941. The van der Waals surface area contributed by atoms with E-state index < -0.39 is 6.43 Å². The number of hydrogen-bond acceptors (Lipinski definition) is 6. The largest absolute Gasteiger partial charge is 0.441 e. The summed E-state index contributed by atoms with van der Waals surface area (Å²) in [6, 6.07) is 7.53. The lowest BCUT2D eigenvalue weighted by atomic mass is 9.85. The molecule has 9 heteroatoms. The molecule has 1 amide bonds. The Labute approximate surface area is 178 Å². The number of halogens is 2. The lowest BCUT2D eigenvalue weighted by Crippen LogP contribution is -2.39. The van der Waals surface area contributed by atoms with Crippen LogP contribution in [0, 0.1) is 12.8 Å². The Bertz CT molecular complexity index is 1060. The Kier molecular flexibility index (Phi) is 6.22. The van der Waals surface area contributed by atoms with Gasteiger partial charge in [-0.05, 0) is 57.0 Å². The zero-order valence-corrected chi connectivity index (χ0v) is 17.5. The summed E-state index contributed by atoms with van der Waals surface area (Å²) in [5.41, 5.74) is 1.57.